The summed E-state index contributed by atoms with van der Waals surface area (Å²) in [5.41, 5.74) is 1.77. The Labute approximate surface area is 126 Å². The smallest absolute Gasteiger partial charge is 0.175 e. The van der Waals surface area contributed by atoms with Crippen LogP contribution in [0.25, 0.3) is 11.0 Å². The summed E-state index contributed by atoms with van der Waals surface area (Å²) in [5, 5.41) is 0. The highest BCUT2D eigenvalue weighted by atomic mass is 32.2. The van der Waals surface area contributed by atoms with Gasteiger partial charge in [0.1, 0.15) is 5.82 Å². The average molecular weight is 306 g/mol. The van der Waals surface area contributed by atoms with E-state index in [-0.39, 0.29) is 5.41 Å². The molecule has 0 bridgehead atoms. The van der Waals surface area contributed by atoms with Crippen LogP contribution in [-0.4, -0.2) is 24.2 Å². The van der Waals surface area contributed by atoms with Gasteiger partial charge in [-0.25, -0.2) is 13.4 Å². The van der Waals surface area contributed by atoms with Crippen molar-refractivity contribution < 1.29 is 8.42 Å². The van der Waals surface area contributed by atoms with E-state index in [0.717, 1.165) is 29.3 Å². The molecule has 1 saturated carbocycles. The topological polar surface area (TPSA) is 52.0 Å². The minimum absolute atomic E-state index is 0.0564. The molecule has 0 unspecified atom stereocenters. The molecule has 3 rings (SSSR count). The summed E-state index contributed by atoms with van der Waals surface area (Å²) >= 11 is 0. The molecule has 1 aromatic heterocycles. The molecule has 1 aromatic carbocycles. The average Bonchev–Trinajstić information content (AvgIpc) is 3.07. The molecule has 0 spiro atoms. The molecule has 1 aliphatic carbocycles. The molecule has 0 amide bonds. The van der Waals surface area contributed by atoms with Crippen LogP contribution in [-0.2, 0) is 21.8 Å². The van der Waals surface area contributed by atoms with E-state index in [9.17, 15) is 8.42 Å². The zero-order valence-corrected chi connectivity index (χ0v) is 13.9. The Morgan fingerprint density at radius 1 is 1.29 bits per heavy atom. The standard InChI is InChI=1S/C16H22N2O2S/c1-16(2,3)15-17-13-9-12(21(4,19)20)7-8-14(13)18(15)10-11-5-6-11/h7-9,11H,5-6,10H2,1-4H3. The summed E-state index contributed by atoms with van der Waals surface area (Å²) in [4.78, 5) is 5.08. The van der Waals surface area contributed by atoms with E-state index in [1.165, 1.54) is 19.1 Å². The van der Waals surface area contributed by atoms with Gasteiger partial charge in [-0.1, -0.05) is 20.8 Å². The van der Waals surface area contributed by atoms with Crippen LogP contribution < -0.4 is 0 Å². The second-order valence-electron chi connectivity index (χ2n) is 7.16. The van der Waals surface area contributed by atoms with Gasteiger partial charge in [-0.15, -0.1) is 0 Å². The Hall–Kier alpha value is -1.36. The summed E-state index contributed by atoms with van der Waals surface area (Å²) in [7, 11) is -3.19. The van der Waals surface area contributed by atoms with Crippen molar-refractivity contribution in [2.24, 2.45) is 5.92 Å². The predicted molar refractivity (Wildman–Crippen MR) is 84.3 cm³/mol. The first kappa shape index (κ1) is 14.6. The number of rotatable bonds is 3. The molecule has 4 nitrogen and oxygen atoms in total. The van der Waals surface area contributed by atoms with Crippen LogP contribution in [0.5, 0.6) is 0 Å². The van der Waals surface area contributed by atoms with Crippen LogP contribution in [0.3, 0.4) is 0 Å². The lowest BCUT2D eigenvalue weighted by molar-refractivity contribution is 0.491. The Bertz CT molecular complexity index is 794. The van der Waals surface area contributed by atoms with Crippen molar-refractivity contribution in [1.82, 2.24) is 9.55 Å². The Morgan fingerprint density at radius 3 is 2.48 bits per heavy atom. The normalized spacial score (nSPS) is 16.6. The highest BCUT2D eigenvalue weighted by Gasteiger charge is 2.28. The molecule has 0 atom stereocenters. The first-order valence-corrected chi connectivity index (χ1v) is 9.26. The largest absolute Gasteiger partial charge is 0.327 e. The lowest BCUT2D eigenvalue weighted by atomic mass is 9.95. The lowest BCUT2D eigenvalue weighted by Gasteiger charge is -2.20. The van der Waals surface area contributed by atoms with Crippen LogP contribution in [0.1, 0.15) is 39.4 Å². The van der Waals surface area contributed by atoms with Crippen LogP contribution in [0.2, 0.25) is 0 Å². The molecule has 1 aliphatic rings. The fourth-order valence-electron chi connectivity index (χ4n) is 2.66. The molecular weight excluding hydrogens is 284 g/mol. The zero-order valence-electron chi connectivity index (χ0n) is 13.0. The Kier molecular flexibility index (Phi) is 3.17. The van der Waals surface area contributed by atoms with Gasteiger partial charge >= 0.3 is 0 Å². The third-order valence-electron chi connectivity index (χ3n) is 3.96. The van der Waals surface area contributed by atoms with E-state index in [1.807, 2.05) is 6.07 Å². The quantitative estimate of drug-likeness (QED) is 0.875. The molecule has 21 heavy (non-hydrogen) atoms. The van der Waals surface area contributed by atoms with Crippen molar-refractivity contribution in [2.75, 3.05) is 6.26 Å². The Balaban J connectivity index is 2.20. The number of benzene rings is 1. The molecule has 5 heteroatoms. The maximum atomic E-state index is 11.7. The summed E-state index contributed by atoms with van der Waals surface area (Å²) < 4.78 is 25.7. The van der Waals surface area contributed by atoms with E-state index < -0.39 is 9.84 Å². The first-order valence-electron chi connectivity index (χ1n) is 7.37. The molecular formula is C16H22N2O2S. The molecule has 0 radical (unpaired) electrons. The zero-order chi connectivity index (χ0) is 15.4. The molecule has 1 fully saturated rings. The number of aromatic nitrogens is 2. The third-order valence-corrected chi connectivity index (χ3v) is 5.07. The van der Waals surface area contributed by atoms with Gasteiger partial charge in [0.15, 0.2) is 9.84 Å². The molecule has 0 saturated heterocycles. The predicted octanol–water partition coefficient (Wildman–Crippen LogP) is 3.15. The van der Waals surface area contributed by atoms with E-state index in [0.29, 0.717) is 4.90 Å². The second-order valence-corrected chi connectivity index (χ2v) is 9.18. The van der Waals surface area contributed by atoms with E-state index >= 15 is 0 Å². The van der Waals surface area contributed by atoms with Gasteiger partial charge < -0.3 is 4.57 Å². The van der Waals surface area contributed by atoms with Gasteiger partial charge in [0.05, 0.1) is 15.9 Å². The SMILES string of the molecule is CC(C)(C)c1nc2cc(S(C)(=O)=O)ccc2n1CC1CC1. The van der Waals surface area contributed by atoms with Crippen LogP contribution in [0, 0.1) is 5.92 Å². The fraction of sp³-hybridized carbons (Fsp3) is 0.562. The van der Waals surface area contributed by atoms with Crippen molar-refractivity contribution in [1.29, 1.82) is 0 Å². The minimum Gasteiger partial charge on any atom is -0.327 e. The minimum atomic E-state index is -3.19. The van der Waals surface area contributed by atoms with Gasteiger partial charge in [-0.3, -0.25) is 0 Å². The molecule has 1 heterocycles. The number of hydrogen-bond donors (Lipinski definition) is 0. The summed E-state index contributed by atoms with van der Waals surface area (Å²) in [6.07, 6.45) is 3.80. The summed E-state index contributed by atoms with van der Waals surface area (Å²) in [6, 6.07) is 5.29. The molecule has 0 aliphatic heterocycles. The highest BCUT2D eigenvalue weighted by molar-refractivity contribution is 7.90. The van der Waals surface area contributed by atoms with Gasteiger partial charge in [-0.05, 0) is 37.0 Å². The molecule has 2 aromatic rings. The summed E-state index contributed by atoms with van der Waals surface area (Å²) in [6.45, 7) is 7.43. The third kappa shape index (κ3) is 2.84. The van der Waals surface area contributed by atoms with Crippen molar-refractivity contribution >= 4 is 20.9 Å². The maximum absolute atomic E-state index is 11.7. The molecule has 0 N–H and O–H groups in total. The van der Waals surface area contributed by atoms with Crippen molar-refractivity contribution in [3.63, 3.8) is 0 Å². The van der Waals surface area contributed by atoms with Gasteiger partial charge in [0.2, 0.25) is 0 Å². The second kappa shape index (κ2) is 4.57. The lowest BCUT2D eigenvalue weighted by Crippen LogP contribution is -2.19. The first-order chi connectivity index (χ1) is 9.66. The number of sulfone groups is 1. The van der Waals surface area contributed by atoms with Crippen LogP contribution in [0.4, 0.5) is 0 Å². The fourth-order valence-corrected chi connectivity index (χ4v) is 3.30. The number of imidazole rings is 1. The van der Waals surface area contributed by atoms with Gasteiger partial charge in [0, 0.05) is 18.2 Å². The van der Waals surface area contributed by atoms with Crippen LogP contribution in [0.15, 0.2) is 23.1 Å². The maximum Gasteiger partial charge on any atom is 0.175 e. The van der Waals surface area contributed by atoms with Gasteiger partial charge in [0.25, 0.3) is 0 Å². The Morgan fingerprint density at radius 2 is 1.95 bits per heavy atom. The van der Waals surface area contributed by atoms with E-state index in [2.05, 4.69) is 25.3 Å². The van der Waals surface area contributed by atoms with E-state index in [4.69, 9.17) is 4.98 Å². The number of nitrogens with zero attached hydrogens (tertiary/aromatic N) is 2. The molecule has 114 valence electrons. The van der Waals surface area contributed by atoms with Crippen molar-refractivity contribution in [2.45, 2.75) is 50.5 Å². The highest BCUT2D eigenvalue weighted by Crippen LogP contribution is 2.35. The van der Waals surface area contributed by atoms with Crippen molar-refractivity contribution in [3.8, 4) is 0 Å². The van der Waals surface area contributed by atoms with Crippen LogP contribution >= 0.6 is 0 Å². The number of hydrogen-bond acceptors (Lipinski definition) is 3. The van der Waals surface area contributed by atoms with E-state index in [1.54, 1.807) is 12.1 Å². The summed E-state index contributed by atoms with van der Waals surface area (Å²) in [5.74, 6) is 1.79. The van der Waals surface area contributed by atoms with Gasteiger partial charge in [-0.2, -0.15) is 0 Å². The number of fused-ring (bicyclic) bond motifs is 1. The monoisotopic (exact) mass is 306 g/mol. The van der Waals surface area contributed by atoms with Crippen molar-refractivity contribution in [3.05, 3.63) is 24.0 Å².